The van der Waals surface area contributed by atoms with Crippen molar-refractivity contribution in [3.8, 4) is 0 Å². The first kappa shape index (κ1) is 33.9. The third-order valence-corrected chi connectivity index (χ3v) is 15.9. The molecule has 4 saturated carbocycles. The van der Waals surface area contributed by atoms with E-state index in [4.69, 9.17) is 4.74 Å². The summed E-state index contributed by atoms with van der Waals surface area (Å²) in [7, 11) is 0. The van der Waals surface area contributed by atoms with Crippen molar-refractivity contribution < 1.29 is 40.2 Å². The van der Waals surface area contributed by atoms with Gasteiger partial charge in [-0.2, -0.15) is 0 Å². The maximum absolute atomic E-state index is 13.0. The van der Waals surface area contributed by atoms with Gasteiger partial charge < -0.3 is 35.4 Å². The maximum atomic E-state index is 13.0. The first-order valence-electron chi connectivity index (χ1n) is 17.7. The van der Waals surface area contributed by atoms with Crippen LogP contribution in [0.25, 0.3) is 0 Å². The van der Waals surface area contributed by atoms with Crippen molar-refractivity contribution in [2.24, 2.45) is 56.2 Å². The lowest BCUT2D eigenvalue weighted by atomic mass is 9.33. The molecule has 1 saturated heterocycles. The van der Waals surface area contributed by atoms with E-state index in [2.05, 4.69) is 54.5 Å². The van der Waals surface area contributed by atoms with E-state index in [-0.39, 0.29) is 38.9 Å². The Balaban J connectivity index is 1.31. The topological polar surface area (TPSA) is 148 Å². The van der Waals surface area contributed by atoms with Gasteiger partial charge in [-0.25, -0.2) is 0 Å². The van der Waals surface area contributed by atoms with Gasteiger partial charge in [0.1, 0.15) is 30.5 Å². The molecule has 5 aliphatic carbocycles. The molecule has 8 nitrogen and oxygen atoms in total. The summed E-state index contributed by atoms with van der Waals surface area (Å²) in [6, 6.07) is 0. The summed E-state index contributed by atoms with van der Waals surface area (Å²) in [6.07, 6.45) is 3.91. The molecule has 6 rings (SSSR count). The summed E-state index contributed by atoms with van der Waals surface area (Å²) in [5.41, 5.74) is 0.609. The molecule has 0 aromatic heterocycles. The fraction of sp³-hybridized carbons (Fsp3) is 0.919. The van der Waals surface area contributed by atoms with Crippen molar-refractivity contribution in [3.63, 3.8) is 0 Å². The van der Waals surface area contributed by atoms with Gasteiger partial charge in [-0.3, -0.25) is 4.79 Å². The number of hydrogen-bond acceptors (Lipinski definition) is 7. The molecule has 14 atom stereocenters. The number of carboxylic acid groups (broad SMARTS) is 1. The van der Waals surface area contributed by atoms with Crippen molar-refractivity contribution in [1.29, 1.82) is 0 Å². The normalized spacial score (nSPS) is 52.7. The molecule has 6 aliphatic rings. The SMILES string of the molecule is CC1(C)CC[C@]2(C(=O)O)CC[C@]3(C)C(=CCC4[C@@]5(C)CC[C@H]([C@H](O)[C@H]6OC(CO)[C@@H](O)[C@H](O)C6O)C(C)(C)C5CC[C@]43C)C2C1. The summed E-state index contributed by atoms with van der Waals surface area (Å²) >= 11 is 0. The van der Waals surface area contributed by atoms with Gasteiger partial charge in [-0.15, -0.1) is 0 Å². The Bertz CT molecular complexity index is 1210. The minimum atomic E-state index is -1.50. The monoisotopic (exact) mass is 632 g/mol. The van der Waals surface area contributed by atoms with Crippen LogP contribution in [0, 0.1) is 56.2 Å². The van der Waals surface area contributed by atoms with Gasteiger partial charge in [0.25, 0.3) is 0 Å². The molecule has 0 aromatic rings. The van der Waals surface area contributed by atoms with Gasteiger partial charge in [0, 0.05) is 0 Å². The fourth-order valence-corrected chi connectivity index (χ4v) is 12.9. The van der Waals surface area contributed by atoms with Crippen LogP contribution in [0.15, 0.2) is 11.6 Å². The lowest BCUT2D eigenvalue weighted by Crippen LogP contribution is -2.67. The highest BCUT2D eigenvalue weighted by Gasteiger charge is 2.70. The highest BCUT2D eigenvalue weighted by atomic mass is 16.6. The van der Waals surface area contributed by atoms with Crippen molar-refractivity contribution in [2.45, 2.75) is 149 Å². The molecule has 5 fully saturated rings. The molecule has 0 bridgehead atoms. The minimum Gasteiger partial charge on any atom is -0.481 e. The Morgan fingerprint density at radius 2 is 1.56 bits per heavy atom. The van der Waals surface area contributed by atoms with Crippen molar-refractivity contribution >= 4 is 5.97 Å². The molecule has 5 unspecified atom stereocenters. The molecule has 0 aromatic carbocycles. The number of carbonyl (C=O) groups is 1. The lowest BCUT2D eigenvalue weighted by molar-refractivity contribution is -0.267. The summed E-state index contributed by atoms with van der Waals surface area (Å²) in [4.78, 5) is 13.0. The number of ether oxygens (including phenoxy) is 1. The van der Waals surface area contributed by atoms with Crippen LogP contribution in [-0.2, 0) is 9.53 Å². The number of fused-ring (bicyclic) bond motifs is 7. The smallest absolute Gasteiger partial charge is 0.310 e. The van der Waals surface area contributed by atoms with E-state index in [1.54, 1.807) is 0 Å². The predicted molar refractivity (Wildman–Crippen MR) is 170 cm³/mol. The Morgan fingerprint density at radius 1 is 0.889 bits per heavy atom. The summed E-state index contributed by atoms with van der Waals surface area (Å²) in [6.45, 7) is 16.0. The van der Waals surface area contributed by atoms with Gasteiger partial charge in [0.2, 0.25) is 0 Å². The van der Waals surface area contributed by atoms with Gasteiger partial charge >= 0.3 is 5.97 Å². The van der Waals surface area contributed by atoms with Crippen LogP contribution in [0.5, 0.6) is 0 Å². The van der Waals surface area contributed by atoms with E-state index in [1.165, 1.54) is 5.57 Å². The first-order valence-corrected chi connectivity index (χ1v) is 17.7. The molecule has 0 amide bonds. The van der Waals surface area contributed by atoms with E-state index >= 15 is 0 Å². The second-order valence-corrected chi connectivity index (χ2v) is 18.4. The van der Waals surface area contributed by atoms with Crippen LogP contribution < -0.4 is 0 Å². The largest absolute Gasteiger partial charge is 0.481 e. The van der Waals surface area contributed by atoms with E-state index in [1.807, 2.05) is 0 Å². The highest BCUT2D eigenvalue weighted by Crippen LogP contribution is 2.76. The van der Waals surface area contributed by atoms with Crippen molar-refractivity contribution in [2.75, 3.05) is 6.61 Å². The standard InChI is InChI=1S/C37H60O8/c1-32(2)14-16-37(31(43)44)17-15-35(6)20(22(37)18-32)8-9-25-34(5)12-10-21(33(3,4)24(34)11-13-36(25,35)7)26(39)30-29(42)28(41)27(40)23(19-38)45-30/h8,21-30,38-42H,9-19H2,1-7H3,(H,43,44)/t21-,22?,23?,24?,25?,26+,27-,28+,29?,30-,34+,35-,36-,37+/m1/s1. The first-order chi connectivity index (χ1) is 20.8. The number of aliphatic hydroxyl groups excluding tert-OH is 5. The minimum absolute atomic E-state index is 0.0142. The second kappa shape index (κ2) is 10.7. The Morgan fingerprint density at radius 3 is 2.20 bits per heavy atom. The van der Waals surface area contributed by atoms with Gasteiger partial charge in [-0.1, -0.05) is 60.1 Å². The van der Waals surface area contributed by atoms with Crippen molar-refractivity contribution in [1.82, 2.24) is 0 Å². The van der Waals surface area contributed by atoms with Crippen LogP contribution in [0.4, 0.5) is 0 Å². The molecule has 1 heterocycles. The Kier molecular flexibility index (Phi) is 8.08. The van der Waals surface area contributed by atoms with E-state index in [0.717, 1.165) is 64.2 Å². The van der Waals surface area contributed by atoms with Gasteiger partial charge in [-0.05, 0) is 115 Å². The predicted octanol–water partition coefficient (Wildman–Crippen LogP) is 4.69. The molecule has 8 heteroatoms. The van der Waals surface area contributed by atoms with Crippen LogP contribution >= 0.6 is 0 Å². The molecular weight excluding hydrogens is 572 g/mol. The average molecular weight is 633 g/mol. The molecule has 1 aliphatic heterocycles. The fourth-order valence-electron chi connectivity index (χ4n) is 12.9. The zero-order chi connectivity index (χ0) is 33.1. The van der Waals surface area contributed by atoms with Crippen LogP contribution in [-0.4, -0.2) is 79.8 Å². The molecule has 0 spiro atoms. The number of allylic oxidation sites excluding steroid dienone is 2. The van der Waals surface area contributed by atoms with E-state index < -0.39 is 54.6 Å². The van der Waals surface area contributed by atoms with Crippen molar-refractivity contribution in [3.05, 3.63) is 11.6 Å². The van der Waals surface area contributed by atoms with E-state index in [0.29, 0.717) is 11.8 Å². The molecule has 6 N–H and O–H groups in total. The number of aliphatic carboxylic acids is 1. The highest BCUT2D eigenvalue weighted by molar-refractivity contribution is 5.76. The Hall–Kier alpha value is -1.03. The molecule has 0 radical (unpaired) electrons. The van der Waals surface area contributed by atoms with Crippen LogP contribution in [0.2, 0.25) is 0 Å². The lowest BCUT2D eigenvalue weighted by Gasteiger charge is -2.71. The zero-order valence-corrected chi connectivity index (χ0v) is 28.6. The number of hydrogen-bond donors (Lipinski definition) is 6. The van der Waals surface area contributed by atoms with Gasteiger partial charge in [0.15, 0.2) is 0 Å². The Labute approximate surface area is 269 Å². The van der Waals surface area contributed by atoms with Crippen LogP contribution in [0.1, 0.15) is 113 Å². The average Bonchev–Trinajstić information content (AvgIpc) is 2.95. The third kappa shape index (κ3) is 4.55. The molecule has 45 heavy (non-hydrogen) atoms. The van der Waals surface area contributed by atoms with Gasteiger partial charge in [0.05, 0.1) is 18.1 Å². The summed E-state index contributed by atoms with van der Waals surface area (Å²) in [5, 5.41) is 63.8. The van der Waals surface area contributed by atoms with E-state index in [9.17, 15) is 35.4 Å². The molecular formula is C37H60O8. The maximum Gasteiger partial charge on any atom is 0.310 e. The quantitative estimate of drug-likeness (QED) is 0.245. The summed E-state index contributed by atoms with van der Waals surface area (Å²) < 4.78 is 5.85. The zero-order valence-electron chi connectivity index (χ0n) is 28.6. The number of rotatable bonds is 4. The molecule has 256 valence electrons. The number of aliphatic hydroxyl groups is 5. The second-order valence-electron chi connectivity index (χ2n) is 18.4. The summed E-state index contributed by atoms with van der Waals surface area (Å²) in [5.74, 6) is 0.0295. The van der Waals surface area contributed by atoms with Crippen LogP contribution in [0.3, 0.4) is 0 Å². The number of carboxylic acids is 1. The third-order valence-electron chi connectivity index (χ3n) is 15.9.